The van der Waals surface area contributed by atoms with Gasteiger partial charge in [-0.05, 0) is 78.5 Å². The first-order valence-corrected chi connectivity index (χ1v) is 10.6. The predicted octanol–water partition coefficient (Wildman–Crippen LogP) is 2.76. The summed E-state index contributed by atoms with van der Waals surface area (Å²) in [5, 5.41) is 5.20. The number of hydrazone groups is 1. The van der Waals surface area contributed by atoms with Gasteiger partial charge in [-0.3, -0.25) is 9.59 Å². The second-order valence-electron chi connectivity index (χ2n) is 7.75. The summed E-state index contributed by atoms with van der Waals surface area (Å²) in [6, 6.07) is 5.29. The van der Waals surface area contributed by atoms with Crippen LogP contribution in [0.1, 0.15) is 25.8 Å². The zero-order valence-electron chi connectivity index (χ0n) is 16.1. The quantitative estimate of drug-likeness (QED) is 0.194. The number of halogens is 1. The Morgan fingerprint density at radius 3 is 2.48 bits per heavy atom. The number of ether oxygens (including phenoxy) is 2. The van der Waals surface area contributed by atoms with E-state index < -0.39 is 5.97 Å². The second kappa shape index (κ2) is 7.89. The van der Waals surface area contributed by atoms with Crippen LogP contribution in [0, 0.1) is 27.2 Å². The summed E-state index contributed by atoms with van der Waals surface area (Å²) >= 11 is 2.10. The van der Waals surface area contributed by atoms with Gasteiger partial charge in [0, 0.05) is 0 Å². The number of amides is 2. The van der Waals surface area contributed by atoms with E-state index in [1.807, 2.05) is 6.07 Å². The summed E-state index contributed by atoms with van der Waals surface area (Å²) in [6.07, 6.45) is 6.33. The lowest BCUT2D eigenvalue weighted by atomic mass is 9.85. The minimum atomic E-state index is -0.429. The maximum Gasteiger partial charge on any atom is 0.344 e. The average molecular weight is 508 g/mol. The first-order valence-electron chi connectivity index (χ1n) is 9.57. The fourth-order valence-corrected chi connectivity index (χ4v) is 4.97. The van der Waals surface area contributed by atoms with Gasteiger partial charge in [0.1, 0.15) is 5.75 Å². The van der Waals surface area contributed by atoms with Gasteiger partial charge in [0.25, 0.3) is 11.8 Å². The number of hydrogen-bond acceptors (Lipinski definition) is 6. The average Bonchev–Trinajstić information content (AvgIpc) is 3.33. The Hall–Kier alpha value is -2.23. The standard InChI is InChI=1S/C21H21IN2O5/c1-11(2)29-17(25)10-28-16-6-3-12(7-15(16)22)9-23-24-20(26)18-13-4-5-14(8-13)19(18)21(24)27/h3-7,9,11,13-14,18-19H,8,10H2,1-2H3/t13-,14-,18-,19+/m0/s1. The minimum absolute atomic E-state index is 0.168. The Labute approximate surface area is 182 Å². The Bertz CT molecular complexity index is 896. The molecule has 29 heavy (non-hydrogen) atoms. The van der Waals surface area contributed by atoms with Gasteiger partial charge in [0.15, 0.2) is 6.61 Å². The van der Waals surface area contributed by atoms with E-state index in [4.69, 9.17) is 9.47 Å². The van der Waals surface area contributed by atoms with Crippen LogP contribution >= 0.6 is 22.6 Å². The third-order valence-corrected chi connectivity index (χ3v) is 6.28. The van der Waals surface area contributed by atoms with E-state index in [1.165, 1.54) is 6.21 Å². The van der Waals surface area contributed by atoms with Crippen LogP contribution in [-0.2, 0) is 19.1 Å². The number of allylic oxidation sites excluding steroid dienone is 2. The van der Waals surface area contributed by atoms with E-state index in [0.29, 0.717) is 5.75 Å². The first kappa shape index (κ1) is 20.1. The SMILES string of the molecule is CC(C)OC(=O)COc1ccc(C=NN2C(=O)[C@@H]3[C@H](C2=O)[C@H]2C=C[C@H]3C2)cc1I. The molecule has 7 nitrogen and oxygen atoms in total. The van der Waals surface area contributed by atoms with Crippen molar-refractivity contribution in [3.05, 3.63) is 39.5 Å². The van der Waals surface area contributed by atoms with Gasteiger partial charge in [0.05, 0.1) is 27.7 Å². The van der Waals surface area contributed by atoms with Gasteiger partial charge in [0.2, 0.25) is 0 Å². The van der Waals surface area contributed by atoms with Gasteiger partial charge >= 0.3 is 5.97 Å². The van der Waals surface area contributed by atoms with Crippen LogP contribution in [-0.4, -0.2) is 41.7 Å². The molecule has 0 unspecified atom stereocenters. The smallest absolute Gasteiger partial charge is 0.344 e. The van der Waals surface area contributed by atoms with Gasteiger partial charge < -0.3 is 9.47 Å². The molecule has 2 amide bonds. The van der Waals surface area contributed by atoms with Gasteiger partial charge in [-0.1, -0.05) is 12.2 Å². The molecule has 0 aromatic heterocycles. The molecule has 4 atom stereocenters. The van der Waals surface area contributed by atoms with Gasteiger partial charge in [-0.15, -0.1) is 0 Å². The van der Waals surface area contributed by atoms with Crippen LogP contribution in [0.4, 0.5) is 0 Å². The number of nitrogens with zero attached hydrogens (tertiary/aromatic N) is 2. The molecule has 1 aromatic rings. The van der Waals surface area contributed by atoms with Crippen LogP contribution < -0.4 is 4.74 Å². The highest BCUT2D eigenvalue weighted by Gasteiger charge is 2.59. The predicted molar refractivity (Wildman–Crippen MR) is 113 cm³/mol. The van der Waals surface area contributed by atoms with E-state index >= 15 is 0 Å². The van der Waals surface area contributed by atoms with E-state index in [0.717, 1.165) is 20.6 Å². The molecule has 0 N–H and O–H groups in total. The summed E-state index contributed by atoms with van der Waals surface area (Å²) in [5.74, 6) is -0.455. The zero-order valence-corrected chi connectivity index (χ0v) is 18.2. The molecule has 1 heterocycles. The lowest BCUT2D eigenvalue weighted by Crippen LogP contribution is -2.28. The molecule has 8 heteroatoms. The molecule has 2 fully saturated rings. The molecular weight excluding hydrogens is 487 g/mol. The van der Waals surface area contributed by atoms with E-state index in [1.54, 1.807) is 26.0 Å². The van der Waals surface area contributed by atoms with Crippen LogP contribution in [0.2, 0.25) is 0 Å². The number of hydrogen-bond donors (Lipinski definition) is 0. The first-order chi connectivity index (χ1) is 13.8. The normalized spacial score (nSPS) is 27.4. The lowest BCUT2D eigenvalue weighted by Gasteiger charge is -2.13. The van der Waals surface area contributed by atoms with E-state index in [2.05, 4.69) is 39.8 Å². The molecule has 1 aromatic carbocycles. The molecule has 2 aliphatic carbocycles. The Balaban J connectivity index is 1.40. The number of rotatable bonds is 6. The molecule has 3 aliphatic rings. The number of imide groups is 1. The largest absolute Gasteiger partial charge is 0.481 e. The summed E-state index contributed by atoms with van der Waals surface area (Å²) < 4.78 is 11.3. The number of benzene rings is 1. The van der Waals surface area contributed by atoms with Crippen molar-refractivity contribution in [1.29, 1.82) is 0 Å². The summed E-state index contributed by atoms with van der Waals surface area (Å²) in [6.45, 7) is 3.39. The summed E-state index contributed by atoms with van der Waals surface area (Å²) in [4.78, 5) is 36.9. The monoisotopic (exact) mass is 508 g/mol. The van der Waals surface area contributed by atoms with Crippen molar-refractivity contribution in [2.45, 2.75) is 26.4 Å². The molecule has 0 spiro atoms. The van der Waals surface area contributed by atoms with E-state index in [9.17, 15) is 14.4 Å². The third-order valence-electron chi connectivity index (χ3n) is 5.44. The summed E-state index contributed by atoms with van der Waals surface area (Å²) in [5.41, 5.74) is 0.727. The minimum Gasteiger partial charge on any atom is -0.481 e. The maximum atomic E-state index is 12.6. The highest BCUT2D eigenvalue weighted by Crippen LogP contribution is 2.52. The van der Waals surface area contributed by atoms with Crippen molar-refractivity contribution in [3.63, 3.8) is 0 Å². The van der Waals surface area contributed by atoms with Crippen LogP contribution in [0.25, 0.3) is 0 Å². The van der Waals surface area contributed by atoms with E-state index in [-0.39, 0.29) is 48.2 Å². The maximum absolute atomic E-state index is 12.6. The van der Waals surface area contributed by atoms with Gasteiger partial charge in [-0.25, -0.2) is 4.79 Å². The van der Waals surface area contributed by atoms with Crippen LogP contribution in [0.15, 0.2) is 35.5 Å². The van der Waals surface area contributed by atoms with Crippen molar-refractivity contribution < 1.29 is 23.9 Å². The van der Waals surface area contributed by atoms with Crippen molar-refractivity contribution >= 4 is 46.6 Å². The zero-order chi connectivity index (χ0) is 20.7. The Kier molecular flexibility index (Phi) is 5.46. The Morgan fingerprint density at radius 2 is 1.90 bits per heavy atom. The number of esters is 1. The summed E-state index contributed by atoms with van der Waals surface area (Å²) in [7, 11) is 0. The van der Waals surface area contributed by atoms with Crippen LogP contribution in [0.5, 0.6) is 5.75 Å². The lowest BCUT2D eigenvalue weighted by molar-refractivity contribution is -0.149. The number of carbonyl (C=O) groups excluding carboxylic acids is 3. The molecule has 0 radical (unpaired) electrons. The van der Waals surface area contributed by atoms with Gasteiger partial charge in [-0.2, -0.15) is 10.1 Å². The van der Waals surface area contributed by atoms with Crippen molar-refractivity contribution in [2.75, 3.05) is 6.61 Å². The van der Waals surface area contributed by atoms with Crippen molar-refractivity contribution in [2.24, 2.45) is 28.8 Å². The molecule has 1 saturated heterocycles. The molecule has 1 saturated carbocycles. The topological polar surface area (TPSA) is 85.3 Å². The number of fused-ring (bicyclic) bond motifs is 5. The number of carbonyl (C=O) groups is 3. The molecule has 1 aliphatic heterocycles. The fraction of sp³-hybridized carbons (Fsp3) is 0.429. The highest BCUT2D eigenvalue weighted by atomic mass is 127. The van der Waals surface area contributed by atoms with Crippen molar-refractivity contribution in [1.82, 2.24) is 5.01 Å². The molecule has 4 rings (SSSR count). The highest BCUT2D eigenvalue weighted by molar-refractivity contribution is 14.1. The fourth-order valence-electron chi connectivity index (χ4n) is 4.27. The second-order valence-corrected chi connectivity index (χ2v) is 8.91. The van der Waals surface area contributed by atoms with Crippen LogP contribution in [0.3, 0.4) is 0 Å². The molecule has 2 bridgehead atoms. The molecular formula is C21H21IN2O5. The molecule has 152 valence electrons. The van der Waals surface area contributed by atoms with Crippen molar-refractivity contribution in [3.8, 4) is 5.75 Å². The third kappa shape index (κ3) is 3.82. The Morgan fingerprint density at radius 1 is 1.24 bits per heavy atom.